The number of rotatable bonds is 8. The summed E-state index contributed by atoms with van der Waals surface area (Å²) in [5.41, 5.74) is -1.26. The summed E-state index contributed by atoms with van der Waals surface area (Å²) in [6, 6.07) is 9.40. The Bertz CT molecular complexity index is 1360. The fourth-order valence-corrected chi connectivity index (χ4v) is 4.60. The molecule has 12 heteroatoms. The smallest absolute Gasteiger partial charge is 0.416 e. The molecule has 1 aliphatic carbocycles. The summed E-state index contributed by atoms with van der Waals surface area (Å²) in [4.78, 5) is 16.5. The van der Waals surface area contributed by atoms with E-state index in [2.05, 4.69) is 21.7 Å². The van der Waals surface area contributed by atoms with Crippen LogP contribution in [0.5, 0.6) is 0 Å². The first kappa shape index (κ1) is 29.0. The molecule has 0 radical (unpaired) electrons. The number of benzene rings is 2. The Kier molecular flexibility index (Phi) is 9.06. The highest BCUT2D eigenvalue weighted by molar-refractivity contribution is 7.18. The van der Waals surface area contributed by atoms with Gasteiger partial charge in [0, 0.05) is 5.56 Å². The number of nitriles is 1. The molecule has 38 heavy (non-hydrogen) atoms. The number of fused-ring (bicyclic) bond motifs is 1. The van der Waals surface area contributed by atoms with E-state index in [9.17, 15) is 18.0 Å². The average Bonchev–Trinajstić information content (AvgIpc) is 3.53. The molecule has 202 valence electrons. The second-order valence-corrected chi connectivity index (χ2v) is 9.49. The lowest BCUT2D eigenvalue weighted by molar-refractivity contribution is -0.137. The van der Waals surface area contributed by atoms with Crippen LogP contribution < -0.4 is 10.6 Å². The van der Waals surface area contributed by atoms with Crippen LogP contribution in [0, 0.1) is 22.6 Å². The van der Waals surface area contributed by atoms with Crippen molar-refractivity contribution in [2.24, 2.45) is 0 Å². The van der Waals surface area contributed by atoms with Crippen LogP contribution >= 0.6 is 11.3 Å². The number of hydrogen-bond donors (Lipinski definition) is 3. The van der Waals surface area contributed by atoms with E-state index in [0.717, 1.165) is 23.5 Å². The minimum Gasteiger partial charge on any atom is -0.462 e. The zero-order chi connectivity index (χ0) is 28.1. The SMILES string of the molecule is CC.CNC(CC(=O)NC1(C#N)CC1)OC(=N)Cc1nc2ccc(-c3cccc(C(F)(F)F)c3)c(F)c2s1. The molecule has 1 saturated carbocycles. The lowest BCUT2D eigenvalue weighted by Gasteiger charge is -2.19. The first-order valence-corrected chi connectivity index (χ1v) is 12.7. The van der Waals surface area contributed by atoms with E-state index in [1.54, 1.807) is 7.05 Å². The van der Waals surface area contributed by atoms with Crippen molar-refractivity contribution in [3.8, 4) is 17.2 Å². The molecule has 1 heterocycles. The van der Waals surface area contributed by atoms with Crippen molar-refractivity contribution in [2.45, 2.75) is 57.5 Å². The van der Waals surface area contributed by atoms with Crippen LogP contribution in [0.2, 0.25) is 0 Å². The van der Waals surface area contributed by atoms with E-state index in [0.29, 0.717) is 23.4 Å². The highest BCUT2D eigenvalue weighted by Gasteiger charge is 2.44. The molecule has 3 N–H and O–H groups in total. The number of carbonyl (C=O) groups is 1. The molecule has 0 aliphatic heterocycles. The Morgan fingerprint density at radius 2 is 2.00 bits per heavy atom. The van der Waals surface area contributed by atoms with Gasteiger partial charge in [-0.25, -0.2) is 9.37 Å². The van der Waals surface area contributed by atoms with E-state index in [1.807, 2.05) is 13.8 Å². The molecule has 2 aromatic carbocycles. The standard InChI is InChI=1S/C24H21F4N5O2S.C2H6/c1-31-19(11-18(34)33-23(12-29)7-8-23)35-17(30)10-20-32-16-6-5-15(21(25)22(16)36-20)13-3-2-4-14(9-13)24(26,27)28;1-2/h2-6,9,19,30-31H,7-8,10-11H2,1H3,(H,33,34);1-2H3. The van der Waals surface area contributed by atoms with Gasteiger partial charge in [0.05, 0.1) is 34.7 Å². The van der Waals surface area contributed by atoms with Crippen LogP contribution in [0.3, 0.4) is 0 Å². The molecule has 0 spiro atoms. The lowest BCUT2D eigenvalue weighted by Crippen LogP contribution is -2.41. The molecule has 4 rings (SSSR count). The second kappa shape index (κ2) is 11.9. The molecule has 1 aromatic heterocycles. The van der Waals surface area contributed by atoms with Crippen LogP contribution in [-0.4, -0.2) is 35.6 Å². The topological polar surface area (TPSA) is 111 Å². The summed E-state index contributed by atoms with van der Waals surface area (Å²) in [7, 11) is 1.56. The molecule has 1 atom stereocenters. The van der Waals surface area contributed by atoms with Gasteiger partial charge in [-0.1, -0.05) is 26.0 Å². The fraction of sp³-hybridized carbons (Fsp3) is 0.385. The van der Waals surface area contributed by atoms with Gasteiger partial charge in [-0.2, -0.15) is 18.4 Å². The summed E-state index contributed by atoms with van der Waals surface area (Å²) >= 11 is 0.974. The van der Waals surface area contributed by atoms with Gasteiger partial charge >= 0.3 is 6.18 Å². The zero-order valence-electron chi connectivity index (χ0n) is 21.0. The average molecular weight is 550 g/mol. The van der Waals surface area contributed by atoms with Gasteiger partial charge in [-0.05, 0) is 49.7 Å². The largest absolute Gasteiger partial charge is 0.462 e. The monoisotopic (exact) mass is 549 g/mol. The van der Waals surface area contributed by atoms with Gasteiger partial charge in [0.15, 0.2) is 12.1 Å². The summed E-state index contributed by atoms with van der Waals surface area (Å²) in [5.74, 6) is -1.29. The minimum absolute atomic E-state index is 0.0159. The Labute approximate surface area is 221 Å². The summed E-state index contributed by atoms with van der Waals surface area (Å²) in [5, 5.41) is 23.0. The molecule has 0 saturated heterocycles. The third-order valence-electron chi connectivity index (χ3n) is 5.67. The second-order valence-electron chi connectivity index (χ2n) is 8.40. The van der Waals surface area contributed by atoms with E-state index < -0.39 is 29.3 Å². The minimum atomic E-state index is -4.55. The van der Waals surface area contributed by atoms with Gasteiger partial charge in [0.1, 0.15) is 16.4 Å². The Morgan fingerprint density at radius 3 is 2.61 bits per heavy atom. The van der Waals surface area contributed by atoms with Crippen molar-refractivity contribution < 1.29 is 27.1 Å². The Hall–Kier alpha value is -3.56. The van der Waals surface area contributed by atoms with Crippen molar-refractivity contribution in [2.75, 3.05) is 7.05 Å². The van der Waals surface area contributed by atoms with Crippen LogP contribution in [0.4, 0.5) is 17.6 Å². The Morgan fingerprint density at radius 1 is 1.29 bits per heavy atom. The van der Waals surface area contributed by atoms with Gasteiger partial charge < -0.3 is 10.1 Å². The first-order chi connectivity index (χ1) is 18.0. The molecule has 1 fully saturated rings. The summed E-state index contributed by atoms with van der Waals surface area (Å²) in [6.45, 7) is 4.00. The highest BCUT2D eigenvalue weighted by atomic mass is 32.1. The van der Waals surface area contributed by atoms with Gasteiger partial charge in [0.25, 0.3) is 0 Å². The maximum atomic E-state index is 15.2. The molecule has 7 nitrogen and oxygen atoms in total. The predicted octanol–water partition coefficient (Wildman–Crippen LogP) is 5.79. The number of carbonyl (C=O) groups excluding carboxylic acids is 1. The van der Waals surface area contributed by atoms with Crippen molar-refractivity contribution in [3.63, 3.8) is 0 Å². The number of alkyl halides is 3. The predicted molar refractivity (Wildman–Crippen MR) is 137 cm³/mol. The number of amides is 1. The number of halogens is 4. The molecular formula is C26H27F4N5O2S. The van der Waals surface area contributed by atoms with Gasteiger partial charge in [0.2, 0.25) is 5.91 Å². The normalized spacial score (nSPS) is 14.6. The maximum absolute atomic E-state index is 15.2. The number of nitrogens with zero attached hydrogens (tertiary/aromatic N) is 2. The Balaban J connectivity index is 0.00000195. The molecule has 3 aromatic rings. The number of ether oxygens (including phenoxy) is 1. The van der Waals surface area contributed by atoms with Crippen molar-refractivity contribution in [3.05, 3.63) is 52.8 Å². The van der Waals surface area contributed by atoms with Gasteiger partial charge in [-0.15, -0.1) is 11.3 Å². The van der Waals surface area contributed by atoms with Crippen LogP contribution in [0.1, 0.15) is 43.7 Å². The fourth-order valence-electron chi connectivity index (χ4n) is 3.60. The highest BCUT2D eigenvalue weighted by Crippen LogP contribution is 2.36. The van der Waals surface area contributed by atoms with E-state index in [-0.39, 0.29) is 40.5 Å². The van der Waals surface area contributed by atoms with Crippen molar-refractivity contribution in [1.29, 1.82) is 10.7 Å². The lowest BCUT2D eigenvalue weighted by atomic mass is 10.0. The van der Waals surface area contributed by atoms with Crippen molar-refractivity contribution in [1.82, 2.24) is 15.6 Å². The molecular weight excluding hydrogens is 522 g/mol. The number of aromatic nitrogens is 1. The van der Waals surface area contributed by atoms with E-state index >= 15 is 4.39 Å². The molecule has 1 aliphatic rings. The third kappa shape index (κ3) is 6.85. The maximum Gasteiger partial charge on any atom is 0.416 e. The van der Waals surface area contributed by atoms with E-state index in [1.165, 1.54) is 24.3 Å². The summed E-state index contributed by atoms with van der Waals surface area (Å²) in [6.07, 6.45) is -4.35. The number of thiazole rings is 1. The number of nitrogens with one attached hydrogen (secondary N) is 3. The molecule has 1 amide bonds. The van der Waals surface area contributed by atoms with Crippen LogP contribution in [-0.2, 0) is 22.1 Å². The zero-order valence-corrected chi connectivity index (χ0v) is 21.8. The molecule has 0 bridgehead atoms. The summed E-state index contributed by atoms with van der Waals surface area (Å²) < 4.78 is 60.1. The van der Waals surface area contributed by atoms with Gasteiger partial charge in [-0.3, -0.25) is 15.5 Å². The van der Waals surface area contributed by atoms with Crippen molar-refractivity contribution >= 4 is 33.4 Å². The molecule has 1 unspecified atom stereocenters. The van der Waals surface area contributed by atoms with E-state index in [4.69, 9.17) is 15.4 Å². The van der Waals surface area contributed by atoms with Crippen LogP contribution in [0.25, 0.3) is 21.3 Å². The third-order valence-corrected chi connectivity index (χ3v) is 6.74. The first-order valence-electron chi connectivity index (χ1n) is 11.9. The van der Waals surface area contributed by atoms with Crippen LogP contribution in [0.15, 0.2) is 36.4 Å². The number of hydrogen-bond acceptors (Lipinski definition) is 7. The quantitative estimate of drug-likeness (QED) is 0.143.